The van der Waals surface area contributed by atoms with Crippen molar-refractivity contribution < 1.29 is 14.3 Å². The Hall–Kier alpha value is -2.47. The summed E-state index contributed by atoms with van der Waals surface area (Å²) in [5.74, 6) is -0.715. The molecular weight excluding hydrogens is 372 g/mol. The van der Waals surface area contributed by atoms with Crippen LogP contribution in [0.1, 0.15) is 54.3 Å². The van der Waals surface area contributed by atoms with Gasteiger partial charge in [-0.25, -0.2) is 0 Å². The highest BCUT2D eigenvalue weighted by molar-refractivity contribution is 7.17. The maximum absolute atomic E-state index is 12.8. The van der Waals surface area contributed by atoms with Gasteiger partial charge in [0.25, 0.3) is 0 Å². The van der Waals surface area contributed by atoms with Gasteiger partial charge in [-0.1, -0.05) is 29.8 Å². The van der Waals surface area contributed by atoms with Crippen molar-refractivity contribution in [2.75, 3.05) is 5.32 Å². The predicted molar refractivity (Wildman–Crippen MR) is 113 cm³/mol. The highest BCUT2D eigenvalue weighted by Crippen LogP contribution is 2.36. The fourth-order valence-corrected chi connectivity index (χ4v) is 4.15. The predicted octanol–water partition coefficient (Wildman–Crippen LogP) is 4.56. The van der Waals surface area contributed by atoms with E-state index >= 15 is 0 Å². The molecule has 1 atom stereocenters. The van der Waals surface area contributed by atoms with Gasteiger partial charge in [-0.15, -0.1) is 11.3 Å². The van der Waals surface area contributed by atoms with Gasteiger partial charge in [0.05, 0.1) is 12.1 Å². The first kappa shape index (κ1) is 20.3. The second-order valence-corrected chi connectivity index (χ2v) is 9.35. The van der Waals surface area contributed by atoms with Crippen molar-refractivity contribution in [2.24, 2.45) is 4.99 Å². The number of anilines is 1. The number of hydrogen-bond acceptors (Lipinski definition) is 5. The molecule has 28 heavy (non-hydrogen) atoms. The third-order valence-electron chi connectivity index (χ3n) is 4.55. The Labute approximate surface area is 169 Å². The van der Waals surface area contributed by atoms with Crippen LogP contribution in [0.15, 0.2) is 29.3 Å². The van der Waals surface area contributed by atoms with E-state index in [2.05, 4.69) is 5.32 Å². The molecule has 0 radical (unpaired) electrons. The third kappa shape index (κ3) is 4.33. The van der Waals surface area contributed by atoms with Crippen molar-refractivity contribution in [1.82, 2.24) is 0 Å². The number of esters is 1. The van der Waals surface area contributed by atoms with Crippen molar-refractivity contribution >= 4 is 33.9 Å². The first-order valence-corrected chi connectivity index (χ1v) is 10.1. The van der Waals surface area contributed by atoms with E-state index in [1.54, 1.807) is 0 Å². The van der Waals surface area contributed by atoms with E-state index in [1.807, 2.05) is 65.8 Å². The summed E-state index contributed by atoms with van der Waals surface area (Å²) in [5.41, 5.74) is 4.25. The standard InChI is InChI=1S/C22H26N2O3S/c1-12-7-9-15(10-8-12)19-18-13(2)14(3)28-21(18)24-20(26)16(23-19)11-17(25)27-22(4,5)6/h7-10,16H,11H2,1-6H3,(H,24,26)/t16-/m1/s1. The number of nitrogens with one attached hydrogen (secondary N) is 1. The van der Waals surface area contributed by atoms with Crippen LogP contribution in [0, 0.1) is 20.8 Å². The fraction of sp³-hybridized carbons (Fsp3) is 0.409. The smallest absolute Gasteiger partial charge is 0.309 e. The summed E-state index contributed by atoms with van der Waals surface area (Å²) in [6, 6.07) is 7.23. The summed E-state index contributed by atoms with van der Waals surface area (Å²) in [6.07, 6.45) is -0.0918. The molecule has 3 rings (SSSR count). The Morgan fingerprint density at radius 3 is 2.43 bits per heavy atom. The van der Waals surface area contributed by atoms with E-state index < -0.39 is 17.6 Å². The highest BCUT2D eigenvalue weighted by atomic mass is 32.1. The van der Waals surface area contributed by atoms with E-state index in [1.165, 1.54) is 11.3 Å². The number of aliphatic imine (C=N–C) groups is 1. The fourth-order valence-electron chi connectivity index (χ4n) is 3.08. The minimum absolute atomic E-state index is 0.0918. The molecule has 1 aliphatic heterocycles. The summed E-state index contributed by atoms with van der Waals surface area (Å²) in [5, 5.41) is 3.75. The first-order valence-electron chi connectivity index (χ1n) is 9.33. The number of ether oxygens (including phenoxy) is 1. The molecule has 1 aromatic carbocycles. The van der Waals surface area contributed by atoms with Crippen LogP contribution >= 0.6 is 11.3 Å². The van der Waals surface area contributed by atoms with Crippen LogP contribution in [0.3, 0.4) is 0 Å². The lowest BCUT2D eigenvalue weighted by molar-refractivity contribution is -0.155. The molecule has 0 spiro atoms. The Balaban J connectivity index is 2.06. The van der Waals surface area contributed by atoms with Crippen LogP contribution in [-0.2, 0) is 14.3 Å². The van der Waals surface area contributed by atoms with Gasteiger partial charge in [0.2, 0.25) is 5.91 Å². The van der Waals surface area contributed by atoms with Gasteiger partial charge in [-0.3, -0.25) is 14.6 Å². The molecule has 6 heteroatoms. The number of carbonyl (C=O) groups excluding carboxylic acids is 2. The molecule has 0 aliphatic carbocycles. The van der Waals surface area contributed by atoms with Gasteiger partial charge in [-0.2, -0.15) is 0 Å². The molecule has 148 valence electrons. The zero-order valence-corrected chi connectivity index (χ0v) is 18.0. The molecule has 1 N–H and O–H groups in total. The lowest BCUT2D eigenvalue weighted by atomic mass is 9.99. The Morgan fingerprint density at radius 1 is 1.18 bits per heavy atom. The maximum Gasteiger partial charge on any atom is 0.309 e. The number of carbonyl (C=O) groups is 2. The Morgan fingerprint density at radius 2 is 1.82 bits per heavy atom. The molecule has 1 aliphatic rings. The van der Waals surface area contributed by atoms with E-state index in [9.17, 15) is 9.59 Å². The minimum atomic E-state index is -0.828. The molecule has 0 fully saturated rings. The largest absolute Gasteiger partial charge is 0.460 e. The average Bonchev–Trinajstić information content (AvgIpc) is 2.76. The van der Waals surface area contributed by atoms with E-state index in [0.29, 0.717) is 0 Å². The van der Waals surface area contributed by atoms with Gasteiger partial charge in [-0.05, 0) is 47.1 Å². The number of hydrogen-bond donors (Lipinski definition) is 1. The van der Waals surface area contributed by atoms with Crippen molar-refractivity contribution in [1.29, 1.82) is 0 Å². The van der Waals surface area contributed by atoms with Crippen LogP contribution in [0.2, 0.25) is 0 Å². The molecule has 1 amide bonds. The monoisotopic (exact) mass is 398 g/mol. The second kappa shape index (κ2) is 7.51. The normalized spacial score (nSPS) is 16.7. The van der Waals surface area contributed by atoms with Gasteiger partial charge >= 0.3 is 5.97 Å². The topological polar surface area (TPSA) is 67.8 Å². The average molecular weight is 399 g/mol. The Kier molecular flexibility index (Phi) is 5.44. The number of benzene rings is 1. The first-order chi connectivity index (χ1) is 13.0. The molecule has 5 nitrogen and oxygen atoms in total. The van der Waals surface area contributed by atoms with Crippen molar-refractivity contribution in [3.63, 3.8) is 0 Å². The highest BCUT2D eigenvalue weighted by Gasteiger charge is 2.31. The second-order valence-electron chi connectivity index (χ2n) is 8.13. The number of amides is 1. The van der Waals surface area contributed by atoms with Crippen molar-refractivity contribution in [2.45, 2.75) is 59.6 Å². The molecule has 2 heterocycles. The third-order valence-corrected chi connectivity index (χ3v) is 5.67. The number of fused-ring (bicyclic) bond motifs is 1. The van der Waals surface area contributed by atoms with Crippen LogP contribution in [0.5, 0.6) is 0 Å². The SMILES string of the molecule is Cc1ccc(C2=N[C@H](CC(=O)OC(C)(C)C)C(=O)Nc3sc(C)c(C)c32)cc1. The zero-order chi connectivity index (χ0) is 20.6. The maximum atomic E-state index is 12.8. The molecular formula is C22H26N2O3S. The van der Waals surface area contributed by atoms with E-state index in [4.69, 9.17) is 9.73 Å². The van der Waals surface area contributed by atoms with Gasteiger partial charge < -0.3 is 10.1 Å². The quantitative estimate of drug-likeness (QED) is 0.771. The lowest BCUT2D eigenvalue weighted by Crippen LogP contribution is -2.31. The van der Waals surface area contributed by atoms with E-state index in [0.717, 1.165) is 37.8 Å². The van der Waals surface area contributed by atoms with Gasteiger partial charge in [0.15, 0.2) is 0 Å². The van der Waals surface area contributed by atoms with Gasteiger partial charge in [0.1, 0.15) is 16.6 Å². The van der Waals surface area contributed by atoms with E-state index in [-0.39, 0.29) is 12.3 Å². The summed E-state index contributed by atoms with van der Waals surface area (Å²) in [7, 11) is 0. The molecule has 0 bridgehead atoms. The summed E-state index contributed by atoms with van der Waals surface area (Å²) in [4.78, 5) is 31.0. The summed E-state index contributed by atoms with van der Waals surface area (Å²) in [6.45, 7) is 11.5. The van der Waals surface area contributed by atoms with Gasteiger partial charge in [0, 0.05) is 16.0 Å². The molecule has 0 saturated carbocycles. The van der Waals surface area contributed by atoms with Crippen LogP contribution in [0.25, 0.3) is 0 Å². The van der Waals surface area contributed by atoms with Crippen LogP contribution in [-0.4, -0.2) is 29.2 Å². The zero-order valence-electron chi connectivity index (χ0n) is 17.2. The molecule has 0 unspecified atom stereocenters. The van der Waals surface area contributed by atoms with Crippen LogP contribution in [0.4, 0.5) is 5.00 Å². The minimum Gasteiger partial charge on any atom is -0.460 e. The summed E-state index contributed by atoms with van der Waals surface area (Å²) >= 11 is 1.54. The number of thiophene rings is 1. The van der Waals surface area contributed by atoms with Crippen molar-refractivity contribution in [3.8, 4) is 0 Å². The molecule has 0 saturated heterocycles. The lowest BCUT2D eigenvalue weighted by Gasteiger charge is -2.20. The Bertz CT molecular complexity index is 949. The number of nitrogens with zero attached hydrogens (tertiary/aromatic N) is 1. The van der Waals surface area contributed by atoms with Crippen molar-refractivity contribution in [3.05, 3.63) is 51.4 Å². The number of aryl methyl sites for hydroxylation is 2. The molecule has 1 aromatic heterocycles. The summed E-state index contributed by atoms with van der Waals surface area (Å²) < 4.78 is 5.40. The number of rotatable bonds is 3. The molecule has 2 aromatic rings. The van der Waals surface area contributed by atoms with Crippen LogP contribution < -0.4 is 5.32 Å².